The van der Waals surface area contributed by atoms with Crippen LogP contribution in [0.5, 0.6) is 0 Å². The number of fused-ring (bicyclic) bond motifs is 1. The van der Waals surface area contributed by atoms with Crippen LogP contribution >= 0.6 is 0 Å². The van der Waals surface area contributed by atoms with Gasteiger partial charge in [0.1, 0.15) is 0 Å². The van der Waals surface area contributed by atoms with Crippen LogP contribution in [0.4, 0.5) is 0 Å². The molecule has 3 heterocycles. The predicted molar refractivity (Wildman–Crippen MR) is 106 cm³/mol. The predicted octanol–water partition coefficient (Wildman–Crippen LogP) is 3.52. The highest BCUT2D eigenvalue weighted by Gasteiger charge is 2.14. The minimum absolute atomic E-state index is 0.159. The van der Waals surface area contributed by atoms with E-state index in [1.165, 1.54) is 10.9 Å². The fourth-order valence-corrected chi connectivity index (χ4v) is 3.65. The first-order valence-corrected chi connectivity index (χ1v) is 9.54. The van der Waals surface area contributed by atoms with E-state index in [-0.39, 0.29) is 5.78 Å². The smallest absolute Gasteiger partial charge is 0.163 e. The van der Waals surface area contributed by atoms with Crippen molar-refractivity contribution in [2.75, 3.05) is 26.3 Å². The van der Waals surface area contributed by atoms with Gasteiger partial charge in [-0.25, -0.2) is 0 Å². The second-order valence-corrected chi connectivity index (χ2v) is 7.15. The molecule has 0 unspecified atom stereocenters. The molecule has 0 atom stereocenters. The molecule has 1 aliphatic rings. The number of nitrogens with zero attached hydrogens (tertiary/aromatic N) is 2. The Hall–Kier alpha value is -2.50. The first kappa shape index (κ1) is 17.9. The van der Waals surface area contributed by atoms with Gasteiger partial charge < -0.3 is 9.72 Å². The fourth-order valence-electron chi connectivity index (χ4n) is 3.65. The van der Waals surface area contributed by atoms with E-state index >= 15 is 0 Å². The van der Waals surface area contributed by atoms with Crippen LogP contribution in [0.3, 0.4) is 0 Å². The molecule has 0 bridgehead atoms. The lowest BCUT2D eigenvalue weighted by Gasteiger charge is -2.26. The summed E-state index contributed by atoms with van der Waals surface area (Å²) in [5.74, 6) is 0.159. The van der Waals surface area contributed by atoms with E-state index < -0.39 is 0 Å². The summed E-state index contributed by atoms with van der Waals surface area (Å²) in [4.78, 5) is 22.8. The normalized spacial score (nSPS) is 15.3. The lowest BCUT2D eigenvalue weighted by molar-refractivity contribution is 0.0343. The Kier molecular flexibility index (Phi) is 5.32. The number of aryl methyl sites for hydroxylation is 2. The van der Waals surface area contributed by atoms with Crippen LogP contribution in [-0.4, -0.2) is 47.0 Å². The number of Topliss-reactive ketones (excluding diaryl/α,β-unsaturated/α-hetero) is 1. The zero-order valence-corrected chi connectivity index (χ0v) is 15.7. The molecule has 27 heavy (non-hydrogen) atoms. The summed E-state index contributed by atoms with van der Waals surface area (Å²) in [6.45, 7) is 6.49. The molecule has 1 N–H and O–H groups in total. The van der Waals surface area contributed by atoms with Gasteiger partial charge in [0.05, 0.1) is 13.2 Å². The van der Waals surface area contributed by atoms with E-state index in [9.17, 15) is 4.79 Å². The van der Waals surface area contributed by atoms with Gasteiger partial charge in [-0.1, -0.05) is 18.2 Å². The molecule has 5 nitrogen and oxygen atoms in total. The summed E-state index contributed by atoms with van der Waals surface area (Å²) >= 11 is 0. The summed E-state index contributed by atoms with van der Waals surface area (Å²) in [7, 11) is 0. The largest absolute Gasteiger partial charge is 0.379 e. The molecule has 2 aromatic heterocycles. The molecule has 1 fully saturated rings. The van der Waals surface area contributed by atoms with E-state index in [1.54, 1.807) is 6.20 Å². The molecule has 3 aromatic rings. The number of hydrogen-bond donors (Lipinski definition) is 1. The molecule has 5 heteroatoms. The van der Waals surface area contributed by atoms with Crippen LogP contribution in [0, 0.1) is 6.92 Å². The Morgan fingerprint density at radius 2 is 2.11 bits per heavy atom. The Morgan fingerprint density at radius 3 is 2.93 bits per heavy atom. The van der Waals surface area contributed by atoms with Gasteiger partial charge in [0, 0.05) is 60.6 Å². The Labute approximate surface area is 159 Å². The number of rotatable bonds is 6. The number of nitrogens with one attached hydrogen (secondary N) is 1. The second kappa shape index (κ2) is 8.03. The Morgan fingerprint density at radius 1 is 1.26 bits per heavy atom. The maximum absolute atomic E-state index is 12.6. The number of H-pyrrole nitrogens is 1. The van der Waals surface area contributed by atoms with Gasteiger partial charge in [-0.2, -0.15) is 0 Å². The topological polar surface area (TPSA) is 58.2 Å². The molecule has 1 saturated heterocycles. The minimum atomic E-state index is 0.159. The monoisotopic (exact) mass is 363 g/mol. The van der Waals surface area contributed by atoms with Gasteiger partial charge in [0.25, 0.3) is 0 Å². The van der Waals surface area contributed by atoms with Crippen molar-refractivity contribution in [1.29, 1.82) is 0 Å². The third kappa shape index (κ3) is 4.10. The maximum atomic E-state index is 12.6. The van der Waals surface area contributed by atoms with Crippen molar-refractivity contribution in [3.63, 3.8) is 0 Å². The maximum Gasteiger partial charge on any atom is 0.163 e. The van der Waals surface area contributed by atoms with Crippen LogP contribution in [0.15, 0.2) is 42.7 Å². The number of benzene rings is 1. The Balaban J connectivity index is 1.45. The molecular formula is C22H25N3O2. The van der Waals surface area contributed by atoms with E-state index in [4.69, 9.17) is 4.74 Å². The number of pyridine rings is 1. The molecule has 140 valence electrons. The van der Waals surface area contributed by atoms with Gasteiger partial charge in [0.15, 0.2) is 5.78 Å². The highest BCUT2D eigenvalue weighted by molar-refractivity contribution is 5.99. The van der Waals surface area contributed by atoms with E-state index in [0.717, 1.165) is 55.2 Å². The van der Waals surface area contributed by atoms with Crippen molar-refractivity contribution in [3.8, 4) is 0 Å². The molecule has 4 rings (SSSR count). The zero-order chi connectivity index (χ0) is 18.6. The fraction of sp³-hybridized carbons (Fsp3) is 0.364. The van der Waals surface area contributed by atoms with Crippen LogP contribution in [0.2, 0.25) is 0 Å². The number of hydrogen-bond acceptors (Lipinski definition) is 4. The van der Waals surface area contributed by atoms with Crippen LogP contribution in [0.25, 0.3) is 10.9 Å². The number of aromatic nitrogens is 2. The van der Waals surface area contributed by atoms with Crippen molar-refractivity contribution in [1.82, 2.24) is 14.9 Å². The van der Waals surface area contributed by atoms with Gasteiger partial charge in [-0.15, -0.1) is 0 Å². The average Bonchev–Trinajstić information content (AvgIpc) is 3.10. The summed E-state index contributed by atoms with van der Waals surface area (Å²) in [5, 5.41) is 1.19. The molecule has 0 amide bonds. The number of morpholine rings is 1. The number of ketones is 1. The van der Waals surface area contributed by atoms with Crippen molar-refractivity contribution >= 4 is 16.7 Å². The molecule has 0 aliphatic carbocycles. The molecule has 1 aromatic carbocycles. The summed E-state index contributed by atoms with van der Waals surface area (Å²) in [6, 6.07) is 9.96. The minimum Gasteiger partial charge on any atom is -0.379 e. The van der Waals surface area contributed by atoms with Gasteiger partial charge >= 0.3 is 0 Å². The van der Waals surface area contributed by atoms with Crippen LogP contribution in [-0.2, 0) is 17.7 Å². The van der Waals surface area contributed by atoms with Crippen molar-refractivity contribution in [2.45, 2.75) is 26.3 Å². The second-order valence-electron chi connectivity index (χ2n) is 7.15. The third-order valence-electron chi connectivity index (χ3n) is 5.29. The number of aromatic amines is 1. The van der Waals surface area contributed by atoms with Crippen molar-refractivity contribution < 1.29 is 9.53 Å². The Bertz CT molecular complexity index is 942. The summed E-state index contributed by atoms with van der Waals surface area (Å²) in [5.41, 5.74) is 5.20. The number of ether oxygens (including phenoxy) is 1. The summed E-state index contributed by atoms with van der Waals surface area (Å²) in [6.07, 6.45) is 5.00. The van der Waals surface area contributed by atoms with Gasteiger partial charge in [-0.3, -0.25) is 14.7 Å². The highest BCUT2D eigenvalue weighted by atomic mass is 16.5. The van der Waals surface area contributed by atoms with E-state index in [1.807, 2.05) is 31.2 Å². The lowest BCUT2D eigenvalue weighted by Crippen LogP contribution is -2.35. The molecule has 0 radical (unpaired) electrons. The van der Waals surface area contributed by atoms with Crippen LogP contribution < -0.4 is 0 Å². The lowest BCUT2D eigenvalue weighted by atomic mass is 10.0. The first-order valence-electron chi connectivity index (χ1n) is 9.54. The standard InChI is InChI=1S/C22H25N3O2/c1-16-3-2-8-23-20(16)6-7-22(26)17-4-5-19-18(14-24-21(19)13-17)15-25-9-11-27-12-10-25/h2-5,8,13-14,24H,6-7,9-12,15H2,1H3. The zero-order valence-electron chi connectivity index (χ0n) is 15.7. The number of carbonyl (C=O) groups is 1. The van der Waals surface area contributed by atoms with Crippen LogP contribution in [0.1, 0.15) is 33.6 Å². The average molecular weight is 363 g/mol. The van der Waals surface area contributed by atoms with Gasteiger partial charge in [-0.05, 0) is 36.6 Å². The quantitative estimate of drug-likeness (QED) is 0.681. The van der Waals surface area contributed by atoms with Gasteiger partial charge in [0.2, 0.25) is 0 Å². The van der Waals surface area contributed by atoms with Crippen molar-refractivity contribution in [3.05, 3.63) is 65.1 Å². The molecule has 1 aliphatic heterocycles. The highest BCUT2D eigenvalue weighted by Crippen LogP contribution is 2.22. The van der Waals surface area contributed by atoms with Crippen molar-refractivity contribution in [2.24, 2.45) is 0 Å². The van der Waals surface area contributed by atoms with E-state index in [0.29, 0.717) is 12.8 Å². The SMILES string of the molecule is Cc1cccnc1CCC(=O)c1ccc2c(CN3CCOCC3)c[nH]c2c1. The molecular weight excluding hydrogens is 338 g/mol. The van der Waals surface area contributed by atoms with E-state index in [2.05, 4.69) is 27.1 Å². The summed E-state index contributed by atoms with van der Waals surface area (Å²) < 4.78 is 5.42. The molecule has 0 spiro atoms. The molecule has 0 saturated carbocycles. The number of carbonyl (C=O) groups excluding carboxylic acids is 1. The first-order chi connectivity index (χ1) is 13.2. The third-order valence-corrected chi connectivity index (χ3v) is 5.29.